The lowest BCUT2D eigenvalue weighted by atomic mass is 10.2. The zero-order valence-electron chi connectivity index (χ0n) is 8.56. The van der Waals surface area contributed by atoms with Gasteiger partial charge in [0.05, 0.1) is 6.61 Å². The van der Waals surface area contributed by atoms with E-state index in [-0.39, 0.29) is 18.6 Å². The Morgan fingerprint density at radius 1 is 1.71 bits per heavy atom. The summed E-state index contributed by atoms with van der Waals surface area (Å²) in [6, 6.07) is 1.91. The molecule has 0 radical (unpaired) electrons. The molecule has 1 heterocycles. The summed E-state index contributed by atoms with van der Waals surface area (Å²) in [5, 5.41) is 0. The number of carbonyl (C=O) groups is 1. The number of rotatable bonds is 4. The van der Waals surface area contributed by atoms with Crippen LogP contribution in [-0.2, 0) is 16.1 Å². The van der Waals surface area contributed by atoms with Crippen LogP contribution in [0.4, 0.5) is 0 Å². The maximum atomic E-state index is 11.1. The quantitative estimate of drug-likeness (QED) is 0.733. The average Bonchev–Trinajstić information content (AvgIpc) is 2.53. The van der Waals surface area contributed by atoms with Gasteiger partial charge in [-0.25, -0.2) is 0 Å². The largest absolute Gasteiger partial charge is 0.465 e. The molecule has 0 saturated carbocycles. The lowest BCUT2D eigenvalue weighted by molar-refractivity contribution is -0.143. The number of nitrogens with two attached hydrogens (primary N) is 1. The van der Waals surface area contributed by atoms with Gasteiger partial charge in [0.15, 0.2) is 0 Å². The fourth-order valence-corrected chi connectivity index (χ4v) is 1.18. The van der Waals surface area contributed by atoms with Gasteiger partial charge in [-0.15, -0.1) is 0 Å². The number of carbonyl (C=O) groups excluding carboxylic acids is 1. The van der Waals surface area contributed by atoms with Crippen molar-refractivity contribution in [3.63, 3.8) is 0 Å². The predicted octanol–water partition coefficient (Wildman–Crippen LogP) is 1.07. The van der Waals surface area contributed by atoms with Crippen molar-refractivity contribution in [2.75, 3.05) is 6.61 Å². The first-order valence-electron chi connectivity index (χ1n) is 4.70. The van der Waals surface area contributed by atoms with Crippen molar-refractivity contribution in [3.05, 3.63) is 24.0 Å². The third kappa shape index (κ3) is 2.88. The first kappa shape index (κ1) is 10.8. The van der Waals surface area contributed by atoms with E-state index in [1.54, 1.807) is 11.5 Å². The van der Waals surface area contributed by atoms with Gasteiger partial charge in [-0.2, -0.15) is 0 Å². The molecule has 0 spiro atoms. The van der Waals surface area contributed by atoms with Crippen molar-refractivity contribution < 1.29 is 9.53 Å². The summed E-state index contributed by atoms with van der Waals surface area (Å²) in [7, 11) is 0. The van der Waals surface area contributed by atoms with Crippen molar-refractivity contribution in [3.8, 4) is 0 Å². The minimum absolute atomic E-state index is 0.00144. The van der Waals surface area contributed by atoms with Crippen LogP contribution in [0, 0.1) is 0 Å². The molecule has 0 saturated heterocycles. The van der Waals surface area contributed by atoms with Gasteiger partial charge in [-0.3, -0.25) is 4.79 Å². The van der Waals surface area contributed by atoms with Gasteiger partial charge >= 0.3 is 5.97 Å². The first-order chi connectivity index (χ1) is 6.63. The number of hydrogen-bond acceptors (Lipinski definition) is 3. The first-order valence-corrected chi connectivity index (χ1v) is 4.70. The van der Waals surface area contributed by atoms with Gasteiger partial charge in [0.1, 0.15) is 6.54 Å². The summed E-state index contributed by atoms with van der Waals surface area (Å²) in [4.78, 5) is 11.1. The molecule has 0 aliphatic rings. The van der Waals surface area contributed by atoms with E-state index in [2.05, 4.69) is 0 Å². The molecule has 1 unspecified atom stereocenters. The van der Waals surface area contributed by atoms with E-state index in [0.717, 1.165) is 5.56 Å². The highest BCUT2D eigenvalue weighted by atomic mass is 16.5. The molecule has 0 aliphatic heterocycles. The smallest absolute Gasteiger partial charge is 0.325 e. The van der Waals surface area contributed by atoms with Gasteiger partial charge in [0, 0.05) is 18.4 Å². The maximum absolute atomic E-state index is 11.1. The second kappa shape index (κ2) is 4.81. The third-order valence-corrected chi connectivity index (χ3v) is 1.92. The van der Waals surface area contributed by atoms with Gasteiger partial charge in [0.2, 0.25) is 0 Å². The Morgan fingerprint density at radius 2 is 2.43 bits per heavy atom. The molecule has 0 fully saturated rings. The van der Waals surface area contributed by atoms with E-state index in [1.165, 1.54) is 0 Å². The minimum atomic E-state index is -0.223. The Balaban J connectivity index is 2.55. The Bertz CT molecular complexity index is 305. The van der Waals surface area contributed by atoms with E-state index in [1.807, 2.05) is 25.4 Å². The molecule has 78 valence electrons. The normalized spacial score (nSPS) is 12.5. The van der Waals surface area contributed by atoms with Crippen molar-refractivity contribution in [1.82, 2.24) is 4.57 Å². The molecule has 0 aliphatic carbocycles. The Morgan fingerprint density at radius 3 is 2.93 bits per heavy atom. The van der Waals surface area contributed by atoms with E-state index in [0.29, 0.717) is 6.61 Å². The standard InChI is InChI=1S/C10H16N2O2/c1-3-14-10(13)7-12-5-4-9(6-12)8(2)11/h4-6,8H,3,7,11H2,1-2H3. The predicted molar refractivity (Wildman–Crippen MR) is 53.7 cm³/mol. The molecular formula is C10H16N2O2. The van der Waals surface area contributed by atoms with Crippen molar-refractivity contribution >= 4 is 5.97 Å². The Hall–Kier alpha value is -1.29. The lowest BCUT2D eigenvalue weighted by Crippen LogP contribution is -2.12. The monoisotopic (exact) mass is 196 g/mol. The van der Waals surface area contributed by atoms with Crippen molar-refractivity contribution in [1.29, 1.82) is 0 Å². The van der Waals surface area contributed by atoms with E-state index in [4.69, 9.17) is 10.5 Å². The number of esters is 1. The van der Waals surface area contributed by atoms with Crippen LogP contribution < -0.4 is 5.73 Å². The lowest BCUT2D eigenvalue weighted by Gasteiger charge is -2.03. The Kier molecular flexibility index (Phi) is 3.71. The maximum Gasteiger partial charge on any atom is 0.325 e. The molecular weight excluding hydrogens is 180 g/mol. The van der Waals surface area contributed by atoms with Crippen LogP contribution in [-0.4, -0.2) is 17.1 Å². The molecule has 1 atom stereocenters. The molecule has 0 amide bonds. The molecule has 0 bridgehead atoms. The number of ether oxygens (including phenoxy) is 1. The van der Waals surface area contributed by atoms with Gasteiger partial charge in [0.25, 0.3) is 0 Å². The highest BCUT2D eigenvalue weighted by molar-refractivity contribution is 5.69. The highest BCUT2D eigenvalue weighted by Gasteiger charge is 2.05. The topological polar surface area (TPSA) is 57.2 Å². The number of hydrogen-bond donors (Lipinski definition) is 1. The molecule has 1 aromatic rings. The summed E-state index contributed by atoms with van der Waals surface area (Å²) in [6.07, 6.45) is 3.69. The SMILES string of the molecule is CCOC(=O)Cn1ccc(C(C)N)c1. The molecule has 14 heavy (non-hydrogen) atoms. The fourth-order valence-electron chi connectivity index (χ4n) is 1.18. The zero-order chi connectivity index (χ0) is 10.6. The van der Waals surface area contributed by atoms with Crippen LogP contribution in [0.5, 0.6) is 0 Å². The Labute approximate surface area is 83.7 Å². The summed E-state index contributed by atoms with van der Waals surface area (Å²) < 4.78 is 6.60. The van der Waals surface area contributed by atoms with Crippen LogP contribution in [0.3, 0.4) is 0 Å². The van der Waals surface area contributed by atoms with Crippen molar-refractivity contribution in [2.45, 2.75) is 26.4 Å². The van der Waals surface area contributed by atoms with Gasteiger partial charge in [-0.1, -0.05) is 0 Å². The number of nitrogens with zero attached hydrogens (tertiary/aromatic N) is 1. The zero-order valence-corrected chi connectivity index (χ0v) is 8.56. The molecule has 1 rings (SSSR count). The average molecular weight is 196 g/mol. The van der Waals surface area contributed by atoms with E-state index >= 15 is 0 Å². The van der Waals surface area contributed by atoms with Gasteiger partial charge in [-0.05, 0) is 25.5 Å². The fraction of sp³-hybridized carbons (Fsp3) is 0.500. The van der Waals surface area contributed by atoms with E-state index in [9.17, 15) is 4.79 Å². The molecule has 2 N–H and O–H groups in total. The van der Waals surface area contributed by atoms with Crippen LogP contribution in [0.25, 0.3) is 0 Å². The molecule has 1 aromatic heterocycles. The van der Waals surface area contributed by atoms with Crippen LogP contribution in [0.15, 0.2) is 18.5 Å². The highest BCUT2D eigenvalue weighted by Crippen LogP contribution is 2.09. The van der Waals surface area contributed by atoms with Gasteiger partial charge < -0.3 is 15.0 Å². The van der Waals surface area contributed by atoms with Crippen LogP contribution in [0.2, 0.25) is 0 Å². The van der Waals surface area contributed by atoms with Crippen LogP contribution in [0.1, 0.15) is 25.5 Å². The summed E-state index contributed by atoms with van der Waals surface area (Å²) >= 11 is 0. The molecule has 4 nitrogen and oxygen atoms in total. The second-order valence-corrected chi connectivity index (χ2v) is 3.21. The third-order valence-electron chi connectivity index (χ3n) is 1.92. The summed E-state index contributed by atoms with van der Waals surface area (Å²) in [6.45, 7) is 4.37. The van der Waals surface area contributed by atoms with Crippen LogP contribution >= 0.6 is 0 Å². The summed E-state index contributed by atoms with van der Waals surface area (Å²) in [5.74, 6) is -0.223. The van der Waals surface area contributed by atoms with Crippen molar-refractivity contribution in [2.24, 2.45) is 5.73 Å². The molecule has 4 heteroatoms. The summed E-state index contributed by atoms with van der Waals surface area (Å²) in [5.41, 5.74) is 6.71. The molecule has 0 aromatic carbocycles. The number of aromatic nitrogens is 1. The minimum Gasteiger partial charge on any atom is -0.465 e. The van der Waals surface area contributed by atoms with E-state index < -0.39 is 0 Å². The second-order valence-electron chi connectivity index (χ2n) is 3.21.